The third-order valence-electron chi connectivity index (χ3n) is 5.03. The molecule has 17 heavy (non-hydrogen) atoms. The number of nitrogens with zero attached hydrogens (tertiary/aromatic N) is 2. The van der Waals surface area contributed by atoms with E-state index in [1.54, 1.807) is 0 Å². The molecule has 1 aliphatic carbocycles. The summed E-state index contributed by atoms with van der Waals surface area (Å²) in [4.78, 5) is 5.05. The lowest BCUT2D eigenvalue weighted by atomic mass is 9.75. The van der Waals surface area contributed by atoms with E-state index in [9.17, 15) is 0 Å². The molecule has 0 spiro atoms. The minimum absolute atomic E-state index is 0.470. The quantitative estimate of drug-likeness (QED) is 0.803. The maximum Gasteiger partial charge on any atom is 0.0330 e. The van der Waals surface area contributed by atoms with Crippen LogP contribution in [0.5, 0.6) is 0 Å². The third-order valence-corrected chi connectivity index (χ3v) is 5.03. The average Bonchev–Trinajstić information content (AvgIpc) is 2.23. The van der Waals surface area contributed by atoms with Crippen molar-refractivity contribution in [3.05, 3.63) is 0 Å². The van der Waals surface area contributed by atoms with E-state index in [4.69, 9.17) is 0 Å². The summed E-state index contributed by atoms with van der Waals surface area (Å²) in [5.74, 6) is 0. The summed E-state index contributed by atoms with van der Waals surface area (Å²) in [6.07, 6.45) is 6.84. The molecule has 1 heterocycles. The van der Waals surface area contributed by atoms with E-state index in [1.165, 1.54) is 45.2 Å². The predicted octanol–water partition coefficient (Wildman–Crippen LogP) is 1.54. The number of likely N-dealkylation sites (N-methyl/N-ethyl adjacent to an activating group) is 2. The van der Waals surface area contributed by atoms with Gasteiger partial charge in [0, 0.05) is 30.7 Å². The minimum Gasteiger partial charge on any atom is -0.313 e. The molecule has 1 aliphatic heterocycles. The van der Waals surface area contributed by atoms with E-state index in [1.807, 2.05) is 0 Å². The topological polar surface area (TPSA) is 18.5 Å². The second-order valence-corrected chi connectivity index (χ2v) is 6.43. The first-order valence-electron chi connectivity index (χ1n) is 7.14. The molecule has 1 saturated heterocycles. The fourth-order valence-electron chi connectivity index (χ4n) is 3.28. The molecule has 3 heteroatoms. The van der Waals surface area contributed by atoms with Gasteiger partial charge < -0.3 is 15.1 Å². The van der Waals surface area contributed by atoms with E-state index in [0.717, 1.165) is 6.04 Å². The molecule has 0 radical (unpaired) electrons. The highest BCUT2D eigenvalue weighted by Gasteiger charge is 2.40. The molecule has 0 aromatic rings. The molecule has 0 aromatic heterocycles. The van der Waals surface area contributed by atoms with Gasteiger partial charge in [-0.2, -0.15) is 0 Å². The summed E-state index contributed by atoms with van der Waals surface area (Å²) in [5.41, 5.74) is 0.470. The average molecular weight is 239 g/mol. The first kappa shape index (κ1) is 13.3. The number of rotatable bonds is 4. The van der Waals surface area contributed by atoms with Gasteiger partial charge in [0.2, 0.25) is 0 Å². The molecule has 2 atom stereocenters. The zero-order valence-electron chi connectivity index (χ0n) is 12.0. The van der Waals surface area contributed by atoms with E-state index >= 15 is 0 Å². The van der Waals surface area contributed by atoms with Crippen molar-refractivity contribution in [3.63, 3.8) is 0 Å². The van der Waals surface area contributed by atoms with Gasteiger partial charge in [-0.3, -0.25) is 0 Å². The third kappa shape index (κ3) is 2.83. The Morgan fingerprint density at radius 2 is 1.88 bits per heavy atom. The first-order valence-corrected chi connectivity index (χ1v) is 7.14. The Morgan fingerprint density at radius 1 is 1.18 bits per heavy atom. The van der Waals surface area contributed by atoms with Gasteiger partial charge in [-0.15, -0.1) is 0 Å². The molecule has 3 nitrogen and oxygen atoms in total. The highest BCUT2D eigenvalue weighted by Crippen LogP contribution is 2.37. The molecule has 2 fully saturated rings. The number of nitrogens with one attached hydrogen (secondary N) is 1. The Labute approximate surface area is 107 Å². The van der Waals surface area contributed by atoms with Crippen molar-refractivity contribution in [2.45, 2.75) is 56.7 Å². The standard InChI is InChI=1S/C14H29N3/c1-12-6-7-13(10-15-12)17(4)11-14(16(2)3)8-5-9-14/h12-13,15H,5-11H2,1-4H3. The highest BCUT2D eigenvalue weighted by molar-refractivity contribution is 4.99. The summed E-state index contributed by atoms with van der Waals surface area (Å²) in [5, 5.41) is 3.61. The maximum absolute atomic E-state index is 3.61. The summed E-state index contributed by atoms with van der Waals surface area (Å²) in [6.45, 7) is 4.70. The van der Waals surface area contributed by atoms with Crippen LogP contribution in [0.3, 0.4) is 0 Å². The highest BCUT2D eigenvalue weighted by atomic mass is 15.2. The maximum atomic E-state index is 3.61. The fourth-order valence-corrected chi connectivity index (χ4v) is 3.28. The Hall–Kier alpha value is -0.120. The van der Waals surface area contributed by atoms with Crippen LogP contribution in [0.15, 0.2) is 0 Å². The lowest BCUT2D eigenvalue weighted by Gasteiger charge is -2.51. The van der Waals surface area contributed by atoms with Crippen LogP contribution in [-0.4, -0.2) is 61.7 Å². The van der Waals surface area contributed by atoms with Gasteiger partial charge in [0.25, 0.3) is 0 Å². The van der Waals surface area contributed by atoms with Crippen molar-refractivity contribution >= 4 is 0 Å². The smallest absolute Gasteiger partial charge is 0.0330 e. The van der Waals surface area contributed by atoms with E-state index in [2.05, 4.69) is 43.2 Å². The second kappa shape index (κ2) is 5.25. The monoisotopic (exact) mass is 239 g/mol. The van der Waals surface area contributed by atoms with Crippen molar-refractivity contribution in [1.82, 2.24) is 15.1 Å². The van der Waals surface area contributed by atoms with Crippen LogP contribution in [0.2, 0.25) is 0 Å². The van der Waals surface area contributed by atoms with Gasteiger partial charge >= 0.3 is 0 Å². The van der Waals surface area contributed by atoms with Gasteiger partial charge in [0.1, 0.15) is 0 Å². The van der Waals surface area contributed by atoms with Crippen LogP contribution in [-0.2, 0) is 0 Å². The zero-order valence-corrected chi connectivity index (χ0v) is 12.0. The van der Waals surface area contributed by atoms with Crippen LogP contribution in [0.25, 0.3) is 0 Å². The van der Waals surface area contributed by atoms with E-state index in [0.29, 0.717) is 11.6 Å². The van der Waals surface area contributed by atoms with E-state index in [-0.39, 0.29) is 0 Å². The number of hydrogen-bond acceptors (Lipinski definition) is 3. The lowest BCUT2D eigenvalue weighted by molar-refractivity contribution is 0.0118. The van der Waals surface area contributed by atoms with Crippen LogP contribution >= 0.6 is 0 Å². The van der Waals surface area contributed by atoms with Crippen LogP contribution in [0.4, 0.5) is 0 Å². The van der Waals surface area contributed by atoms with Gasteiger partial charge in [-0.05, 0) is 60.2 Å². The number of hydrogen-bond donors (Lipinski definition) is 1. The van der Waals surface area contributed by atoms with Gasteiger partial charge in [0.05, 0.1) is 0 Å². The summed E-state index contributed by atoms with van der Waals surface area (Å²) >= 11 is 0. The van der Waals surface area contributed by atoms with Crippen LogP contribution in [0, 0.1) is 0 Å². The summed E-state index contributed by atoms with van der Waals surface area (Å²) in [6, 6.07) is 1.45. The SMILES string of the molecule is CC1CCC(N(C)CC2(N(C)C)CCC2)CN1. The first-order chi connectivity index (χ1) is 8.03. The largest absolute Gasteiger partial charge is 0.313 e. The predicted molar refractivity (Wildman–Crippen MR) is 73.4 cm³/mol. The van der Waals surface area contributed by atoms with Crippen molar-refractivity contribution < 1.29 is 0 Å². The molecule has 0 bridgehead atoms. The molecule has 100 valence electrons. The molecule has 0 aromatic carbocycles. The molecule has 2 unspecified atom stereocenters. The van der Waals surface area contributed by atoms with Crippen molar-refractivity contribution in [2.75, 3.05) is 34.2 Å². The van der Waals surface area contributed by atoms with Crippen molar-refractivity contribution in [1.29, 1.82) is 0 Å². The summed E-state index contributed by atoms with van der Waals surface area (Å²) < 4.78 is 0. The van der Waals surface area contributed by atoms with Gasteiger partial charge in [-0.1, -0.05) is 0 Å². The van der Waals surface area contributed by atoms with Crippen molar-refractivity contribution in [2.24, 2.45) is 0 Å². The minimum atomic E-state index is 0.470. The Morgan fingerprint density at radius 3 is 2.29 bits per heavy atom. The molecular weight excluding hydrogens is 210 g/mol. The molecule has 1 N–H and O–H groups in total. The number of piperidine rings is 1. The summed E-state index contributed by atoms with van der Waals surface area (Å²) in [7, 11) is 6.80. The van der Waals surface area contributed by atoms with Gasteiger partial charge in [-0.25, -0.2) is 0 Å². The normalized spacial score (nSPS) is 32.8. The second-order valence-electron chi connectivity index (χ2n) is 6.43. The fraction of sp³-hybridized carbons (Fsp3) is 1.00. The molecule has 0 amide bonds. The Balaban J connectivity index is 1.85. The van der Waals surface area contributed by atoms with Gasteiger partial charge in [0.15, 0.2) is 0 Å². The molecule has 2 rings (SSSR count). The van der Waals surface area contributed by atoms with Crippen LogP contribution < -0.4 is 5.32 Å². The Kier molecular flexibility index (Phi) is 4.11. The zero-order chi connectivity index (χ0) is 12.5. The lowest BCUT2D eigenvalue weighted by Crippen LogP contribution is -2.59. The molecule has 1 saturated carbocycles. The van der Waals surface area contributed by atoms with E-state index < -0.39 is 0 Å². The van der Waals surface area contributed by atoms with Crippen LogP contribution in [0.1, 0.15) is 39.0 Å². The molecular formula is C14H29N3. The molecule has 2 aliphatic rings. The van der Waals surface area contributed by atoms with Crippen molar-refractivity contribution in [3.8, 4) is 0 Å². The Bertz CT molecular complexity index is 240.